The molecule has 2 aliphatic heterocycles. The molecule has 0 amide bonds. The molecule has 1 aromatic heterocycles. The third-order valence-electron chi connectivity index (χ3n) is 4.28. The van der Waals surface area contributed by atoms with Crippen LogP contribution < -0.4 is 5.32 Å². The molecule has 20 heavy (non-hydrogen) atoms. The van der Waals surface area contributed by atoms with Gasteiger partial charge >= 0.3 is 0 Å². The Morgan fingerprint density at radius 1 is 1.20 bits per heavy atom. The Labute approximate surface area is 117 Å². The summed E-state index contributed by atoms with van der Waals surface area (Å²) in [6.45, 7) is 2.08. The SMILES string of the molecule is Fc1ccc2c(c1)CCc1nc(C3CCNCC3)nn1-2. The van der Waals surface area contributed by atoms with Crippen molar-refractivity contribution < 1.29 is 4.39 Å². The molecule has 1 aromatic carbocycles. The van der Waals surface area contributed by atoms with Crippen LogP contribution in [0.2, 0.25) is 0 Å². The van der Waals surface area contributed by atoms with Gasteiger partial charge in [0.05, 0.1) is 5.69 Å². The van der Waals surface area contributed by atoms with Gasteiger partial charge in [-0.05, 0) is 56.1 Å². The molecule has 3 heterocycles. The number of rotatable bonds is 1. The van der Waals surface area contributed by atoms with Crippen LogP contribution in [-0.2, 0) is 12.8 Å². The second-order valence-corrected chi connectivity index (χ2v) is 5.60. The normalized spacial score (nSPS) is 18.6. The molecular weight excluding hydrogens is 255 g/mol. The summed E-state index contributed by atoms with van der Waals surface area (Å²) in [6.07, 6.45) is 3.88. The van der Waals surface area contributed by atoms with Crippen molar-refractivity contribution in [1.82, 2.24) is 20.1 Å². The molecule has 1 saturated heterocycles. The number of halogens is 1. The number of hydrogen-bond acceptors (Lipinski definition) is 3. The fourth-order valence-electron chi connectivity index (χ4n) is 3.18. The number of aromatic nitrogens is 3. The van der Waals surface area contributed by atoms with Crippen LogP contribution in [0.1, 0.15) is 36.0 Å². The first-order chi connectivity index (χ1) is 9.81. The average Bonchev–Trinajstić information content (AvgIpc) is 2.92. The molecule has 0 spiro atoms. The Balaban J connectivity index is 1.74. The van der Waals surface area contributed by atoms with Gasteiger partial charge in [0.1, 0.15) is 11.6 Å². The van der Waals surface area contributed by atoms with E-state index in [0.717, 1.165) is 61.7 Å². The van der Waals surface area contributed by atoms with Gasteiger partial charge in [0.15, 0.2) is 5.82 Å². The topological polar surface area (TPSA) is 42.7 Å². The van der Waals surface area contributed by atoms with Crippen LogP contribution in [0.3, 0.4) is 0 Å². The van der Waals surface area contributed by atoms with Crippen LogP contribution in [0.5, 0.6) is 0 Å². The first-order valence-corrected chi connectivity index (χ1v) is 7.26. The lowest BCUT2D eigenvalue weighted by molar-refractivity contribution is 0.444. The van der Waals surface area contributed by atoms with Crippen LogP contribution in [0, 0.1) is 5.82 Å². The summed E-state index contributed by atoms with van der Waals surface area (Å²) in [5, 5.41) is 8.06. The maximum absolute atomic E-state index is 13.3. The highest BCUT2D eigenvalue weighted by molar-refractivity contribution is 5.44. The van der Waals surface area contributed by atoms with Crippen LogP contribution in [0.4, 0.5) is 4.39 Å². The Morgan fingerprint density at radius 3 is 2.90 bits per heavy atom. The highest BCUT2D eigenvalue weighted by Crippen LogP contribution is 2.28. The summed E-state index contributed by atoms with van der Waals surface area (Å²) in [5.41, 5.74) is 2.01. The summed E-state index contributed by atoms with van der Waals surface area (Å²) in [4.78, 5) is 4.73. The molecule has 4 rings (SSSR count). The third-order valence-corrected chi connectivity index (χ3v) is 4.28. The van der Waals surface area contributed by atoms with Gasteiger partial charge in [-0.1, -0.05) is 0 Å². The predicted octanol–water partition coefficient (Wildman–Crippen LogP) is 1.97. The van der Waals surface area contributed by atoms with E-state index in [-0.39, 0.29) is 5.82 Å². The predicted molar refractivity (Wildman–Crippen MR) is 73.6 cm³/mol. The first-order valence-electron chi connectivity index (χ1n) is 7.26. The quantitative estimate of drug-likeness (QED) is 0.863. The lowest BCUT2D eigenvalue weighted by atomic mass is 9.98. The summed E-state index contributed by atoms with van der Waals surface area (Å²) >= 11 is 0. The molecule has 0 aliphatic carbocycles. The minimum atomic E-state index is -0.175. The Hall–Kier alpha value is -1.75. The highest BCUT2D eigenvalue weighted by atomic mass is 19.1. The number of piperidine rings is 1. The minimum absolute atomic E-state index is 0.175. The van der Waals surface area contributed by atoms with E-state index in [1.54, 1.807) is 6.07 Å². The van der Waals surface area contributed by atoms with Crippen LogP contribution in [0.25, 0.3) is 5.69 Å². The second kappa shape index (κ2) is 4.66. The van der Waals surface area contributed by atoms with Crippen LogP contribution in [0.15, 0.2) is 18.2 Å². The smallest absolute Gasteiger partial charge is 0.154 e. The van der Waals surface area contributed by atoms with Gasteiger partial charge in [0, 0.05) is 12.3 Å². The summed E-state index contributed by atoms with van der Waals surface area (Å²) in [6, 6.07) is 4.93. The lowest BCUT2D eigenvalue weighted by Crippen LogP contribution is -2.27. The van der Waals surface area contributed by atoms with E-state index in [1.165, 1.54) is 6.07 Å². The van der Waals surface area contributed by atoms with E-state index in [2.05, 4.69) is 5.32 Å². The zero-order valence-corrected chi connectivity index (χ0v) is 11.3. The van der Waals surface area contributed by atoms with Crippen LogP contribution in [-0.4, -0.2) is 27.9 Å². The molecule has 2 aliphatic rings. The summed E-state index contributed by atoms with van der Waals surface area (Å²) in [7, 11) is 0. The molecule has 0 unspecified atom stereocenters. The number of nitrogens with one attached hydrogen (secondary N) is 1. The van der Waals surface area contributed by atoms with Gasteiger partial charge in [-0.3, -0.25) is 0 Å². The molecule has 0 atom stereocenters. The van der Waals surface area contributed by atoms with Crippen molar-refractivity contribution in [3.8, 4) is 5.69 Å². The molecule has 104 valence electrons. The summed E-state index contributed by atoms with van der Waals surface area (Å²) < 4.78 is 15.2. The fourth-order valence-corrected chi connectivity index (χ4v) is 3.18. The van der Waals surface area contributed by atoms with Crippen molar-refractivity contribution in [2.24, 2.45) is 0 Å². The molecule has 0 radical (unpaired) electrons. The second-order valence-electron chi connectivity index (χ2n) is 5.60. The molecule has 2 aromatic rings. The molecule has 1 N–H and O–H groups in total. The highest BCUT2D eigenvalue weighted by Gasteiger charge is 2.24. The van der Waals surface area contributed by atoms with Crippen molar-refractivity contribution in [2.45, 2.75) is 31.6 Å². The van der Waals surface area contributed by atoms with E-state index in [0.29, 0.717) is 5.92 Å². The molecule has 5 heteroatoms. The Kier molecular flexibility index (Phi) is 2.80. The lowest BCUT2D eigenvalue weighted by Gasteiger charge is -2.19. The van der Waals surface area contributed by atoms with E-state index in [9.17, 15) is 4.39 Å². The minimum Gasteiger partial charge on any atom is -0.317 e. The van der Waals surface area contributed by atoms with Gasteiger partial charge in [-0.2, -0.15) is 5.10 Å². The molecule has 4 nitrogen and oxygen atoms in total. The average molecular weight is 272 g/mol. The maximum atomic E-state index is 13.3. The van der Waals surface area contributed by atoms with Gasteiger partial charge in [0.2, 0.25) is 0 Å². The van der Waals surface area contributed by atoms with Crippen molar-refractivity contribution >= 4 is 0 Å². The maximum Gasteiger partial charge on any atom is 0.154 e. The first kappa shape index (κ1) is 12.0. The Morgan fingerprint density at radius 2 is 2.05 bits per heavy atom. The zero-order chi connectivity index (χ0) is 13.5. The van der Waals surface area contributed by atoms with Crippen molar-refractivity contribution in [3.63, 3.8) is 0 Å². The largest absolute Gasteiger partial charge is 0.317 e. The Bertz CT molecular complexity index is 643. The van der Waals surface area contributed by atoms with Crippen LogP contribution >= 0.6 is 0 Å². The van der Waals surface area contributed by atoms with Gasteiger partial charge in [-0.15, -0.1) is 0 Å². The third kappa shape index (κ3) is 1.93. The van der Waals surface area contributed by atoms with Gasteiger partial charge in [0.25, 0.3) is 0 Å². The fraction of sp³-hybridized carbons (Fsp3) is 0.467. The van der Waals surface area contributed by atoms with E-state index < -0.39 is 0 Å². The van der Waals surface area contributed by atoms with Crippen molar-refractivity contribution in [3.05, 3.63) is 41.2 Å². The molecule has 0 saturated carbocycles. The molecule has 0 bridgehead atoms. The van der Waals surface area contributed by atoms with Crippen molar-refractivity contribution in [2.75, 3.05) is 13.1 Å². The van der Waals surface area contributed by atoms with E-state index >= 15 is 0 Å². The van der Waals surface area contributed by atoms with E-state index in [4.69, 9.17) is 10.1 Å². The van der Waals surface area contributed by atoms with Gasteiger partial charge < -0.3 is 5.32 Å². The number of aryl methyl sites for hydroxylation is 2. The zero-order valence-electron chi connectivity index (χ0n) is 11.3. The number of hydrogen-bond donors (Lipinski definition) is 1. The number of nitrogens with zero attached hydrogens (tertiary/aromatic N) is 3. The standard InChI is InChI=1S/C15H17FN4/c16-12-2-3-13-11(9-12)1-4-14-18-15(19-20(13)14)10-5-7-17-8-6-10/h2-3,9-10,17H,1,4-8H2. The number of benzene rings is 1. The summed E-state index contributed by atoms with van der Waals surface area (Å²) in [5.74, 6) is 2.25. The van der Waals surface area contributed by atoms with Crippen molar-refractivity contribution in [1.29, 1.82) is 0 Å². The monoisotopic (exact) mass is 272 g/mol. The molecule has 1 fully saturated rings. The van der Waals surface area contributed by atoms with E-state index in [1.807, 2.05) is 10.7 Å². The van der Waals surface area contributed by atoms with Gasteiger partial charge in [-0.25, -0.2) is 14.1 Å². The number of fused-ring (bicyclic) bond motifs is 3. The molecular formula is C15H17FN4.